The molecule has 0 fully saturated rings. The highest BCUT2D eigenvalue weighted by molar-refractivity contribution is 8.00. The summed E-state index contributed by atoms with van der Waals surface area (Å²) in [5.74, 6) is 0.350. The van der Waals surface area contributed by atoms with Crippen LogP contribution in [0.4, 0.5) is 5.69 Å². The number of amides is 1. The monoisotopic (exact) mass is 461 g/mol. The molecule has 0 bridgehead atoms. The second-order valence-electron chi connectivity index (χ2n) is 7.68. The summed E-state index contributed by atoms with van der Waals surface area (Å²) in [6.45, 7) is 7.81. The largest absolute Gasteiger partial charge is 0.332 e. The third kappa shape index (κ3) is 4.99. The van der Waals surface area contributed by atoms with Crippen molar-refractivity contribution in [3.05, 3.63) is 56.0 Å². The average molecular weight is 462 g/mol. The van der Waals surface area contributed by atoms with E-state index in [4.69, 9.17) is 11.6 Å². The molecule has 0 aliphatic rings. The molecule has 2 heterocycles. The maximum Gasteiger partial charge on any atom is 0.332 e. The molecule has 1 amide bonds. The van der Waals surface area contributed by atoms with Crippen LogP contribution in [0.2, 0.25) is 5.02 Å². The number of nitrogens with one attached hydrogen (secondary N) is 1. The van der Waals surface area contributed by atoms with Crippen LogP contribution in [-0.2, 0) is 18.4 Å². The Labute approximate surface area is 188 Å². The van der Waals surface area contributed by atoms with E-state index in [0.717, 1.165) is 16.3 Å². The zero-order chi connectivity index (χ0) is 22.9. The van der Waals surface area contributed by atoms with Crippen LogP contribution in [0.5, 0.6) is 0 Å². The fourth-order valence-electron chi connectivity index (χ4n) is 3.05. The van der Waals surface area contributed by atoms with Crippen molar-refractivity contribution in [3.8, 4) is 0 Å². The Kier molecular flexibility index (Phi) is 6.86. The lowest BCUT2D eigenvalue weighted by Gasteiger charge is -2.16. The van der Waals surface area contributed by atoms with Gasteiger partial charge in [-0.1, -0.05) is 37.2 Å². The molecule has 0 saturated heterocycles. The van der Waals surface area contributed by atoms with Crippen molar-refractivity contribution in [2.45, 2.75) is 44.5 Å². The Balaban J connectivity index is 2.02. The SMILES string of the molecule is Cc1nc(SC(C)C(=O)Nc2ccc(Cl)cc2)c2c(=O)n(C)c(=O)n(CC(C)C)c2n1. The predicted molar refractivity (Wildman–Crippen MR) is 124 cm³/mol. The summed E-state index contributed by atoms with van der Waals surface area (Å²) in [6, 6.07) is 6.80. The van der Waals surface area contributed by atoms with E-state index >= 15 is 0 Å². The Morgan fingerprint density at radius 3 is 2.42 bits per heavy atom. The van der Waals surface area contributed by atoms with Crippen molar-refractivity contribution < 1.29 is 4.79 Å². The first-order chi connectivity index (χ1) is 14.6. The van der Waals surface area contributed by atoms with Crippen LogP contribution in [0.15, 0.2) is 38.9 Å². The van der Waals surface area contributed by atoms with E-state index < -0.39 is 16.5 Å². The minimum Gasteiger partial charge on any atom is -0.325 e. The first-order valence-corrected chi connectivity index (χ1v) is 11.1. The smallest absolute Gasteiger partial charge is 0.325 e. The average Bonchev–Trinajstić information content (AvgIpc) is 2.70. The van der Waals surface area contributed by atoms with Crippen LogP contribution in [0, 0.1) is 12.8 Å². The summed E-state index contributed by atoms with van der Waals surface area (Å²) >= 11 is 7.04. The van der Waals surface area contributed by atoms with Gasteiger partial charge in [0.2, 0.25) is 5.91 Å². The summed E-state index contributed by atoms with van der Waals surface area (Å²) in [5.41, 5.74) is 0.0102. The van der Waals surface area contributed by atoms with E-state index in [-0.39, 0.29) is 17.2 Å². The molecule has 1 atom stereocenters. The van der Waals surface area contributed by atoms with Crippen LogP contribution in [0.3, 0.4) is 0 Å². The Morgan fingerprint density at radius 2 is 1.81 bits per heavy atom. The molecular weight excluding hydrogens is 438 g/mol. The van der Waals surface area contributed by atoms with Gasteiger partial charge in [0, 0.05) is 24.3 Å². The van der Waals surface area contributed by atoms with Gasteiger partial charge in [-0.3, -0.25) is 18.7 Å². The third-order valence-electron chi connectivity index (χ3n) is 4.58. The van der Waals surface area contributed by atoms with Crippen LogP contribution in [0.25, 0.3) is 11.0 Å². The molecule has 0 aliphatic carbocycles. The zero-order valence-corrected chi connectivity index (χ0v) is 19.5. The number of carbonyl (C=O) groups is 1. The molecular formula is C21H24ClN5O3S. The quantitative estimate of drug-likeness (QED) is 0.447. The summed E-state index contributed by atoms with van der Waals surface area (Å²) in [7, 11) is 1.44. The Morgan fingerprint density at radius 1 is 1.16 bits per heavy atom. The highest BCUT2D eigenvalue weighted by Crippen LogP contribution is 2.27. The van der Waals surface area contributed by atoms with Gasteiger partial charge in [0.05, 0.1) is 5.25 Å². The molecule has 0 spiro atoms. The lowest BCUT2D eigenvalue weighted by Crippen LogP contribution is -2.39. The lowest BCUT2D eigenvalue weighted by molar-refractivity contribution is -0.115. The molecule has 1 unspecified atom stereocenters. The van der Waals surface area contributed by atoms with E-state index in [2.05, 4.69) is 15.3 Å². The van der Waals surface area contributed by atoms with E-state index in [1.54, 1.807) is 38.1 Å². The van der Waals surface area contributed by atoms with Crippen molar-refractivity contribution in [2.24, 2.45) is 13.0 Å². The number of carbonyl (C=O) groups excluding carboxylic acids is 1. The van der Waals surface area contributed by atoms with E-state index in [1.807, 2.05) is 13.8 Å². The normalized spacial score (nSPS) is 12.4. The number of hydrogen-bond acceptors (Lipinski definition) is 6. The first-order valence-electron chi connectivity index (χ1n) is 9.79. The minimum atomic E-state index is -0.552. The number of aromatic nitrogens is 4. The number of benzene rings is 1. The number of nitrogens with zero attached hydrogens (tertiary/aromatic N) is 4. The predicted octanol–water partition coefficient (Wildman–Crippen LogP) is 3.23. The van der Waals surface area contributed by atoms with Gasteiger partial charge in [-0.05, 0) is 44.0 Å². The molecule has 3 rings (SSSR count). The summed E-state index contributed by atoms with van der Waals surface area (Å²) in [6.07, 6.45) is 0. The molecule has 0 saturated carbocycles. The highest BCUT2D eigenvalue weighted by atomic mass is 35.5. The molecule has 31 heavy (non-hydrogen) atoms. The highest BCUT2D eigenvalue weighted by Gasteiger charge is 2.22. The van der Waals surface area contributed by atoms with Crippen molar-refractivity contribution in [1.82, 2.24) is 19.1 Å². The number of hydrogen-bond donors (Lipinski definition) is 1. The number of anilines is 1. The topological polar surface area (TPSA) is 98.9 Å². The first kappa shape index (κ1) is 23.0. The molecule has 10 heteroatoms. The van der Waals surface area contributed by atoms with Crippen molar-refractivity contribution >= 4 is 46.0 Å². The van der Waals surface area contributed by atoms with E-state index in [0.29, 0.717) is 33.8 Å². The Hall–Kier alpha value is -2.65. The maximum atomic E-state index is 12.9. The van der Waals surface area contributed by atoms with Crippen LogP contribution < -0.4 is 16.6 Å². The summed E-state index contributed by atoms with van der Waals surface area (Å²) in [4.78, 5) is 47.1. The van der Waals surface area contributed by atoms with Gasteiger partial charge in [-0.15, -0.1) is 0 Å². The van der Waals surface area contributed by atoms with Gasteiger partial charge in [0.1, 0.15) is 16.2 Å². The second kappa shape index (κ2) is 9.23. The molecule has 164 valence electrons. The van der Waals surface area contributed by atoms with E-state index in [1.165, 1.54) is 11.6 Å². The van der Waals surface area contributed by atoms with Crippen LogP contribution in [0.1, 0.15) is 26.6 Å². The molecule has 0 radical (unpaired) electrons. The molecule has 2 aromatic heterocycles. The minimum absolute atomic E-state index is 0.175. The number of thioether (sulfide) groups is 1. The fraction of sp³-hybridized carbons (Fsp3) is 0.381. The molecule has 1 N–H and O–H groups in total. The van der Waals surface area contributed by atoms with Gasteiger partial charge in [0.25, 0.3) is 5.56 Å². The summed E-state index contributed by atoms with van der Waals surface area (Å²) in [5, 5.41) is 3.46. The van der Waals surface area contributed by atoms with Gasteiger partial charge < -0.3 is 5.32 Å². The number of fused-ring (bicyclic) bond motifs is 1. The van der Waals surface area contributed by atoms with Crippen molar-refractivity contribution in [2.75, 3.05) is 5.32 Å². The van der Waals surface area contributed by atoms with Crippen LogP contribution in [-0.4, -0.2) is 30.3 Å². The maximum absolute atomic E-state index is 12.9. The zero-order valence-electron chi connectivity index (χ0n) is 18.0. The second-order valence-corrected chi connectivity index (χ2v) is 9.45. The molecule has 8 nitrogen and oxygen atoms in total. The number of aryl methyl sites for hydroxylation is 1. The Bertz CT molecular complexity index is 1250. The third-order valence-corrected chi connectivity index (χ3v) is 5.92. The number of rotatable bonds is 6. The van der Waals surface area contributed by atoms with E-state index in [9.17, 15) is 14.4 Å². The van der Waals surface area contributed by atoms with Gasteiger partial charge in [-0.25, -0.2) is 14.8 Å². The standard InChI is InChI=1S/C21H24ClN5O3S/c1-11(2)10-27-17-16(20(29)26(5)21(27)30)19(24-13(4)23-17)31-12(3)18(28)25-15-8-6-14(22)7-9-15/h6-9,11-12H,10H2,1-5H3,(H,25,28). The molecule has 3 aromatic rings. The summed E-state index contributed by atoms with van der Waals surface area (Å²) < 4.78 is 2.56. The van der Waals surface area contributed by atoms with Gasteiger partial charge in [-0.2, -0.15) is 0 Å². The van der Waals surface area contributed by atoms with Gasteiger partial charge in [0.15, 0.2) is 5.65 Å². The van der Waals surface area contributed by atoms with Crippen molar-refractivity contribution in [3.63, 3.8) is 0 Å². The lowest BCUT2D eigenvalue weighted by atomic mass is 10.2. The molecule has 0 aliphatic heterocycles. The van der Waals surface area contributed by atoms with Gasteiger partial charge >= 0.3 is 5.69 Å². The van der Waals surface area contributed by atoms with Crippen LogP contribution >= 0.6 is 23.4 Å². The van der Waals surface area contributed by atoms with Crippen molar-refractivity contribution in [1.29, 1.82) is 0 Å². The molecule has 1 aromatic carbocycles. The number of halogens is 1. The fourth-order valence-corrected chi connectivity index (χ4v) is 4.16.